The van der Waals surface area contributed by atoms with Crippen LogP contribution in [0.1, 0.15) is 18.4 Å². The summed E-state index contributed by atoms with van der Waals surface area (Å²) in [7, 11) is 0. The molecule has 0 bridgehead atoms. The first-order valence-corrected chi connectivity index (χ1v) is 7.42. The van der Waals surface area contributed by atoms with Gasteiger partial charge in [0, 0.05) is 24.0 Å². The van der Waals surface area contributed by atoms with Crippen molar-refractivity contribution < 1.29 is 4.79 Å². The Bertz CT molecular complexity index is 467. The van der Waals surface area contributed by atoms with Gasteiger partial charge in [0.15, 0.2) is 0 Å². The number of rotatable bonds is 5. The zero-order valence-corrected chi connectivity index (χ0v) is 12.4. The van der Waals surface area contributed by atoms with E-state index in [0.717, 1.165) is 37.5 Å². The molecule has 1 amide bonds. The molecule has 1 N–H and O–H groups in total. The number of carbonyl (C=O) groups is 1. The second kappa shape index (κ2) is 7.46. The molecule has 0 aromatic heterocycles. The van der Waals surface area contributed by atoms with Crippen molar-refractivity contribution in [2.45, 2.75) is 19.4 Å². The molecule has 1 saturated heterocycles. The Kier molecular flexibility index (Phi) is 5.62. The summed E-state index contributed by atoms with van der Waals surface area (Å²) in [5.41, 5.74) is 1.23. The van der Waals surface area contributed by atoms with Crippen molar-refractivity contribution in [3.05, 3.63) is 47.5 Å². The van der Waals surface area contributed by atoms with Crippen molar-refractivity contribution in [1.82, 2.24) is 10.2 Å². The Labute approximate surface area is 125 Å². The summed E-state index contributed by atoms with van der Waals surface area (Å²) in [5.74, 6) is 0.304. The minimum atomic E-state index is 0.144. The number of nitrogens with one attached hydrogen (secondary N) is 1. The second-order valence-corrected chi connectivity index (χ2v) is 5.65. The summed E-state index contributed by atoms with van der Waals surface area (Å²) in [4.78, 5) is 14.2. The third kappa shape index (κ3) is 4.36. The minimum Gasteiger partial charge on any atom is -0.352 e. The number of likely N-dealkylation sites (tertiary alicyclic amines) is 1. The molecule has 0 atom stereocenters. The Morgan fingerprint density at radius 3 is 2.85 bits per heavy atom. The molecule has 0 aliphatic carbocycles. The maximum atomic E-state index is 11.9. The first-order chi connectivity index (χ1) is 9.69. The number of piperidine rings is 1. The zero-order chi connectivity index (χ0) is 14.4. The molecule has 4 heteroatoms. The van der Waals surface area contributed by atoms with Crippen LogP contribution in [-0.4, -0.2) is 30.4 Å². The SMILES string of the molecule is C=CCNC(=O)C1CCN(Cc2cccc(Cl)c2)CC1. The predicted octanol–water partition coefficient (Wildman–Crippen LogP) is 2.85. The van der Waals surface area contributed by atoms with Gasteiger partial charge in [0.25, 0.3) is 0 Å². The van der Waals surface area contributed by atoms with Crippen molar-refractivity contribution in [3.8, 4) is 0 Å². The molecular weight excluding hydrogens is 272 g/mol. The number of benzene rings is 1. The number of amides is 1. The van der Waals surface area contributed by atoms with Crippen LogP contribution in [-0.2, 0) is 11.3 Å². The average Bonchev–Trinajstić information content (AvgIpc) is 2.45. The molecular formula is C16H21ClN2O. The van der Waals surface area contributed by atoms with E-state index in [-0.39, 0.29) is 11.8 Å². The molecule has 0 saturated carbocycles. The van der Waals surface area contributed by atoms with Gasteiger partial charge in [-0.1, -0.05) is 29.8 Å². The predicted molar refractivity (Wildman–Crippen MR) is 82.7 cm³/mol. The highest BCUT2D eigenvalue weighted by Crippen LogP contribution is 2.20. The maximum Gasteiger partial charge on any atom is 0.223 e. The van der Waals surface area contributed by atoms with Gasteiger partial charge in [-0.2, -0.15) is 0 Å². The van der Waals surface area contributed by atoms with Crippen LogP contribution in [0.2, 0.25) is 5.02 Å². The summed E-state index contributed by atoms with van der Waals surface area (Å²) in [5, 5.41) is 3.66. The van der Waals surface area contributed by atoms with Gasteiger partial charge >= 0.3 is 0 Å². The highest BCUT2D eigenvalue weighted by Gasteiger charge is 2.24. The highest BCUT2D eigenvalue weighted by atomic mass is 35.5. The van der Waals surface area contributed by atoms with Gasteiger partial charge in [-0.25, -0.2) is 0 Å². The van der Waals surface area contributed by atoms with Crippen LogP contribution in [0.5, 0.6) is 0 Å². The third-order valence-electron chi connectivity index (χ3n) is 3.67. The van der Waals surface area contributed by atoms with E-state index in [1.54, 1.807) is 6.08 Å². The van der Waals surface area contributed by atoms with Crippen LogP contribution in [0.4, 0.5) is 0 Å². The van der Waals surface area contributed by atoms with Crippen LogP contribution in [0, 0.1) is 5.92 Å². The van der Waals surface area contributed by atoms with Crippen molar-refractivity contribution in [3.63, 3.8) is 0 Å². The fourth-order valence-electron chi connectivity index (χ4n) is 2.56. The van der Waals surface area contributed by atoms with E-state index in [9.17, 15) is 4.79 Å². The largest absolute Gasteiger partial charge is 0.352 e. The Morgan fingerprint density at radius 2 is 2.20 bits per heavy atom. The molecule has 2 rings (SSSR count). The van der Waals surface area contributed by atoms with E-state index >= 15 is 0 Å². The average molecular weight is 293 g/mol. The Hall–Kier alpha value is -1.32. The quantitative estimate of drug-likeness (QED) is 0.847. The van der Waals surface area contributed by atoms with Crippen LogP contribution in [0.25, 0.3) is 0 Å². The summed E-state index contributed by atoms with van der Waals surface area (Å²) >= 11 is 6.00. The molecule has 1 aromatic rings. The van der Waals surface area contributed by atoms with Crippen molar-refractivity contribution >= 4 is 17.5 Å². The number of hydrogen-bond acceptors (Lipinski definition) is 2. The van der Waals surface area contributed by atoms with E-state index < -0.39 is 0 Å². The molecule has 0 spiro atoms. The molecule has 1 aliphatic heterocycles. The fourth-order valence-corrected chi connectivity index (χ4v) is 2.78. The number of nitrogens with zero attached hydrogens (tertiary/aromatic N) is 1. The van der Waals surface area contributed by atoms with Gasteiger partial charge in [-0.3, -0.25) is 9.69 Å². The van der Waals surface area contributed by atoms with Gasteiger partial charge < -0.3 is 5.32 Å². The lowest BCUT2D eigenvalue weighted by atomic mass is 9.95. The molecule has 0 unspecified atom stereocenters. The molecule has 1 aromatic carbocycles. The van der Waals surface area contributed by atoms with E-state index in [1.165, 1.54) is 5.56 Å². The topological polar surface area (TPSA) is 32.3 Å². The summed E-state index contributed by atoms with van der Waals surface area (Å²) < 4.78 is 0. The number of halogens is 1. The van der Waals surface area contributed by atoms with E-state index in [0.29, 0.717) is 6.54 Å². The Balaban J connectivity index is 1.79. The number of hydrogen-bond donors (Lipinski definition) is 1. The third-order valence-corrected chi connectivity index (χ3v) is 3.91. The van der Waals surface area contributed by atoms with Crippen molar-refractivity contribution in [2.75, 3.05) is 19.6 Å². The van der Waals surface area contributed by atoms with Crippen LogP contribution >= 0.6 is 11.6 Å². The maximum absolute atomic E-state index is 11.9. The minimum absolute atomic E-state index is 0.144. The summed E-state index contributed by atoms with van der Waals surface area (Å²) in [6.45, 7) is 6.99. The lowest BCUT2D eigenvalue weighted by Crippen LogP contribution is -2.40. The van der Waals surface area contributed by atoms with Gasteiger partial charge in [0.05, 0.1) is 0 Å². The van der Waals surface area contributed by atoms with E-state index in [4.69, 9.17) is 11.6 Å². The summed E-state index contributed by atoms with van der Waals surface area (Å²) in [6.07, 6.45) is 3.55. The zero-order valence-electron chi connectivity index (χ0n) is 11.6. The first kappa shape index (κ1) is 15.1. The van der Waals surface area contributed by atoms with Gasteiger partial charge in [-0.05, 0) is 43.6 Å². The normalized spacial score (nSPS) is 16.9. The van der Waals surface area contributed by atoms with Gasteiger partial charge in [0.1, 0.15) is 0 Å². The highest BCUT2D eigenvalue weighted by molar-refractivity contribution is 6.30. The lowest BCUT2D eigenvalue weighted by Gasteiger charge is -2.31. The standard InChI is InChI=1S/C16H21ClN2O/c1-2-8-18-16(20)14-6-9-19(10-7-14)12-13-4-3-5-15(17)11-13/h2-5,11,14H,1,6-10,12H2,(H,18,20). The molecule has 108 valence electrons. The molecule has 1 fully saturated rings. The monoisotopic (exact) mass is 292 g/mol. The second-order valence-electron chi connectivity index (χ2n) is 5.21. The number of carbonyl (C=O) groups excluding carboxylic acids is 1. The first-order valence-electron chi connectivity index (χ1n) is 7.04. The molecule has 1 heterocycles. The smallest absolute Gasteiger partial charge is 0.223 e. The Morgan fingerprint density at radius 1 is 1.45 bits per heavy atom. The molecule has 1 aliphatic rings. The fraction of sp³-hybridized carbons (Fsp3) is 0.438. The van der Waals surface area contributed by atoms with Crippen LogP contribution < -0.4 is 5.32 Å². The van der Waals surface area contributed by atoms with E-state index in [1.807, 2.05) is 18.2 Å². The lowest BCUT2D eigenvalue weighted by molar-refractivity contribution is -0.126. The van der Waals surface area contributed by atoms with Crippen molar-refractivity contribution in [2.24, 2.45) is 5.92 Å². The van der Waals surface area contributed by atoms with Crippen LogP contribution in [0.3, 0.4) is 0 Å². The van der Waals surface area contributed by atoms with Gasteiger partial charge in [-0.15, -0.1) is 6.58 Å². The van der Waals surface area contributed by atoms with Crippen molar-refractivity contribution in [1.29, 1.82) is 0 Å². The van der Waals surface area contributed by atoms with Gasteiger partial charge in [0.2, 0.25) is 5.91 Å². The van der Waals surface area contributed by atoms with Crippen LogP contribution in [0.15, 0.2) is 36.9 Å². The van der Waals surface area contributed by atoms with E-state index in [2.05, 4.69) is 22.9 Å². The summed E-state index contributed by atoms with van der Waals surface area (Å²) in [6, 6.07) is 7.97. The molecule has 3 nitrogen and oxygen atoms in total. The molecule has 0 radical (unpaired) electrons. The molecule has 20 heavy (non-hydrogen) atoms.